The molecule has 0 bridgehead atoms. The predicted molar refractivity (Wildman–Crippen MR) is 177 cm³/mol. The summed E-state index contributed by atoms with van der Waals surface area (Å²) < 4.78 is 61.6. The molecule has 3 rings (SSSR count). The summed E-state index contributed by atoms with van der Waals surface area (Å²) in [7, 11) is 1.75. The summed E-state index contributed by atoms with van der Waals surface area (Å²) >= 11 is 0. The fraction of sp³-hybridized carbons (Fsp3) is 0.541. The quantitative estimate of drug-likeness (QED) is 0.0570. The third-order valence-corrected chi connectivity index (χ3v) is 7.79. The first-order valence-corrected chi connectivity index (χ1v) is 16.8. The maximum Gasteiger partial charge on any atom is 0.414 e. The number of aromatic nitrogens is 2. The topological polar surface area (TPSA) is 79.8 Å². The lowest BCUT2D eigenvalue weighted by atomic mass is 10.1. The minimum Gasteiger partial charge on any atom is -0.490 e. The monoisotopic (exact) mass is 658 g/mol. The molecule has 1 heterocycles. The highest BCUT2D eigenvalue weighted by Gasteiger charge is 2.40. The average Bonchev–Trinajstić information content (AvgIpc) is 3.07. The number of carbonyl (C=O) groups excluding carboxylic acids is 1. The van der Waals surface area contributed by atoms with Crippen LogP contribution in [0.15, 0.2) is 60.9 Å². The van der Waals surface area contributed by atoms with Gasteiger partial charge >= 0.3 is 12.1 Å². The van der Waals surface area contributed by atoms with E-state index in [4.69, 9.17) is 18.9 Å². The number of hydrogen-bond acceptors (Lipinski definition) is 7. The summed E-state index contributed by atoms with van der Waals surface area (Å²) in [5.74, 6) is 0.906. The average molecular weight is 659 g/mol. The largest absolute Gasteiger partial charge is 0.490 e. The first kappa shape index (κ1) is 38.0. The number of halogens is 3. The molecule has 0 aliphatic heterocycles. The van der Waals surface area contributed by atoms with Crippen LogP contribution in [0.2, 0.25) is 0 Å². The van der Waals surface area contributed by atoms with Crippen molar-refractivity contribution in [1.82, 2.24) is 9.97 Å². The standard InChI is InChI=1S/C37H49F3N2O5/c1-3-4-5-12-15-34(37(38,39)40)46-28-29-16-18-31(19-17-29)36(43)47-32-22-20-30(21-23-32)35-41-26-33(27-42-35)45-25-14-11-9-7-6-8-10-13-24-44-2/h16-23,26-27,34H,3-15,24-25,28H2,1-2H3. The molecule has 10 heteroatoms. The Balaban J connectivity index is 1.38. The van der Waals surface area contributed by atoms with Crippen molar-refractivity contribution >= 4 is 5.97 Å². The smallest absolute Gasteiger partial charge is 0.414 e. The third kappa shape index (κ3) is 14.9. The van der Waals surface area contributed by atoms with E-state index in [1.54, 1.807) is 55.9 Å². The van der Waals surface area contributed by atoms with Crippen molar-refractivity contribution in [3.05, 3.63) is 72.1 Å². The van der Waals surface area contributed by atoms with Crippen LogP contribution in [0.3, 0.4) is 0 Å². The van der Waals surface area contributed by atoms with Gasteiger partial charge in [-0.2, -0.15) is 13.2 Å². The van der Waals surface area contributed by atoms with Gasteiger partial charge in [-0.15, -0.1) is 0 Å². The molecular weight excluding hydrogens is 609 g/mol. The van der Waals surface area contributed by atoms with Crippen molar-refractivity contribution in [2.24, 2.45) is 0 Å². The van der Waals surface area contributed by atoms with E-state index in [9.17, 15) is 18.0 Å². The van der Waals surface area contributed by atoms with Gasteiger partial charge in [0.2, 0.25) is 0 Å². The lowest BCUT2D eigenvalue weighted by molar-refractivity contribution is -0.225. The molecule has 0 spiro atoms. The molecular formula is C37H49F3N2O5. The summed E-state index contributed by atoms with van der Waals surface area (Å²) in [4.78, 5) is 21.5. The molecule has 0 N–H and O–H groups in total. The van der Waals surface area contributed by atoms with Crippen molar-refractivity contribution < 1.29 is 36.9 Å². The van der Waals surface area contributed by atoms with Crippen LogP contribution < -0.4 is 9.47 Å². The molecule has 47 heavy (non-hydrogen) atoms. The molecule has 0 aliphatic carbocycles. The predicted octanol–water partition coefficient (Wildman–Crippen LogP) is 9.93. The van der Waals surface area contributed by atoms with Crippen LogP contribution in [0.5, 0.6) is 11.5 Å². The van der Waals surface area contributed by atoms with E-state index in [0.29, 0.717) is 35.9 Å². The minimum atomic E-state index is -4.42. The van der Waals surface area contributed by atoms with Gasteiger partial charge in [0.05, 0.1) is 31.2 Å². The number of methoxy groups -OCH3 is 1. The zero-order valence-electron chi connectivity index (χ0n) is 27.7. The normalized spacial score (nSPS) is 12.2. The number of carbonyl (C=O) groups is 1. The summed E-state index contributed by atoms with van der Waals surface area (Å²) in [5, 5.41) is 0. The van der Waals surface area contributed by atoms with Gasteiger partial charge in [0.25, 0.3) is 0 Å². The Labute approximate surface area is 277 Å². The number of alkyl halides is 3. The van der Waals surface area contributed by atoms with E-state index in [1.165, 1.54) is 44.2 Å². The van der Waals surface area contributed by atoms with Crippen LogP contribution in [0.1, 0.15) is 106 Å². The molecule has 1 atom stereocenters. The molecule has 258 valence electrons. The van der Waals surface area contributed by atoms with E-state index in [1.807, 2.05) is 6.92 Å². The fourth-order valence-corrected chi connectivity index (χ4v) is 5.01. The Morgan fingerprint density at radius 2 is 1.34 bits per heavy atom. The second kappa shape index (κ2) is 21.4. The maximum atomic E-state index is 13.4. The molecule has 0 saturated carbocycles. The zero-order chi connectivity index (χ0) is 33.7. The van der Waals surface area contributed by atoms with Gasteiger partial charge < -0.3 is 18.9 Å². The van der Waals surface area contributed by atoms with Gasteiger partial charge in [-0.25, -0.2) is 14.8 Å². The Hall–Kier alpha value is -3.50. The first-order chi connectivity index (χ1) is 22.8. The number of esters is 1. The Morgan fingerprint density at radius 3 is 1.94 bits per heavy atom. The van der Waals surface area contributed by atoms with Gasteiger partial charge in [0, 0.05) is 19.3 Å². The lowest BCUT2D eigenvalue weighted by Crippen LogP contribution is -2.31. The molecule has 0 amide bonds. The number of rotatable bonds is 23. The Morgan fingerprint density at radius 1 is 0.745 bits per heavy atom. The molecule has 0 aliphatic rings. The van der Waals surface area contributed by atoms with Crippen molar-refractivity contribution in [3.8, 4) is 22.9 Å². The van der Waals surface area contributed by atoms with E-state index < -0.39 is 18.2 Å². The Bertz CT molecular complexity index is 1270. The van der Waals surface area contributed by atoms with Crippen LogP contribution >= 0.6 is 0 Å². The van der Waals surface area contributed by atoms with E-state index in [2.05, 4.69) is 9.97 Å². The number of hydrogen-bond donors (Lipinski definition) is 0. The van der Waals surface area contributed by atoms with Crippen molar-refractivity contribution in [1.29, 1.82) is 0 Å². The highest BCUT2D eigenvalue weighted by molar-refractivity contribution is 5.91. The number of unbranched alkanes of at least 4 members (excludes halogenated alkanes) is 10. The zero-order valence-corrected chi connectivity index (χ0v) is 27.7. The Kier molecular flexibility index (Phi) is 17.3. The fourth-order valence-electron chi connectivity index (χ4n) is 5.01. The molecule has 1 unspecified atom stereocenters. The van der Waals surface area contributed by atoms with E-state index in [-0.39, 0.29) is 18.6 Å². The molecule has 0 radical (unpaired) electrons. The van der Waals surface area contributed by atoms with Crippen LogP contribution in [0.4, 0.5) is 13.2 Å². The van der Waals surface area contributed by atoms with Gasteiger partial charge in [0.15, 0.2) is 17.7 Å². The molecule has 0 saturated heterocycles. The molecule has 2 aromatic carbocycles. The van der Waals surface area contributed by atoms with Crippen LogP contribution in [-0.4, -0.2) is 48.5 Å². The second-order valence-electron chi connectivity index (χ2n) is 11.7. The van der Waals surface area contributed by atoms with Crippen molar-refractivity contribution in [3.63, 3.8) is 0 Å². The SMILES string of the molecule is CCCCCCC(OCc1ccc(C(=O)Oc2ccc(-c3ncc(OCCCCCCCCCCOC)cn3)cc2)cc1)C(F)(F)F. The van der Waals surface area contributed by atoms with Crippen LogP contribution in [0, 0.1) is 0 Å². The van der Waals surface area contributed by atoms with Gasteiger partial charge in [-0.1, -0.05) is 83.3 Å². The molecule has 3 aromatic rings. The van der Waals surface area contributed by atoms with Crippen LogP contribution in [-0.2, 0) is 16.1 Å². The van der Waals surface area contributed by atoms with Gasteiger partial charge in [-0.05, 0) is 61.2 Å². The molecule has 1 aromatic heterocycles. The van der Waals surface area contributed by atoms with Crippen LogP contribution in [0.25, 0.3) is 11.4 Å². The minimum absolute atomic E-state index is 0.0597. The molecule has 0 fully saturated rings. The number of benzene rings is 2. The van der Waals surface area contributed by atoms with Gasteiger partial charge in [0.1, 0.15) is 5.75 Å². The first-order valence-electron chi connectivity index (χ1n) is 16.8. The third-order valence-electron chi connectivity index (χ3n) is 7.79. The van der Waals surface area contributed by atoms with Crippen molar-refractivity contribution in [2.75, 3.05) is 20.3 Å². The second-order valence-corrected chi connectivity index (χ2v) is 11.7. The van der Waals surface area contributed by atoms with E-state index in [0.717, 1.165) is 50.7 Å². The van der Waals surface area contributed by atoms with E-state index >= 15 is 0 Å². The van der Waals surface area contributed by atoms with Crippen molar-refractivity contribution in [2.45, 2.75) is 109 Å². The number of ether oxygens (including phenoxy) is 4. The highest BCUT2D eigenvalue weighted by Crippen LogP contribution is 2.28. The maximum absolute atomic E-state index is 13.4. The summed E-state index contributed by atoms with van der Waals surface area (Å²) in [5.41, 5.74) is 1.57. The summed E-state index contributed by atoms with van der Waals surface area (Å²) in [6.07, 6.45) is 9.61. The molecule has 7 nitrogen and oxygen atoms in total. The number of nitrogens with zero attached hydrogens (tertiary/aromatic N) is 2. The van der Waals surface area contributed by atoms with Gasteiger partial charge in [-0.3, -0.25) is 0 Å². The highest BCUT2D eigenvalue weighted by atomic mass is 19.4. The lowest BCUT2D eigenvalue weighted by Gasteiger charge is -2.21. The summed E-state index contributed by atoms with van der Waals surface area (Å²) in [6.45, 7) is 3.30. The summed E-state index contributed by atoms with van der Waals surface area (Å²) in [6, 6.07) is 13.0.